The molecule has 0 saturated carbocycles. The molecule has 0 spiro atoms. The second-order valence-corrected chi connectivity index (χ2v) is 5.58. The lowest BCUT2D eigenvalue weighted by Gasteiger charge is -2.19. The number of rotatable bonds is 5. The van der Waals surface area contributed by atoms with E-state index in [-0.39, 0.29) is 11.1 Å². The van der Waals surface area contributed by atoms with Crippen molar-refractivity contribution in [2.75, 3.05) is 6.54 Å². The van der Waals surface area contributed by atoms with Crippen LogP contribution in [0.15, 0.2) is 29.6 Å². The molecule has 0 saturated heterocycles. The van der Waals surface area contributed by atoms with E-state index < -0.39 is 11.6 Å². The zero-order valence-electron chi connectivity index (χ0n) is 10.4. The van der Waals surface area contributed by atoms with E-state index in [1.165, 1.54) is 6.07 Å². The number of hydrogen-bond donors (Lipinski definition) is 1. The van der Waals surface area contributed by atoms with Crippen LogP contribution in [0.1, 0.15) is 29.8 Å². The number of halogens is 3. The Labute approximate surface area is 120 Å². The van der Waals surface area contributed by atoms with Crippen molar-refractivity contribution in [1.82, 2.24) is 5.32 Å². The van der Waals surface area contributed by atoms with Crippen molar-refractivity contribution in [3.63, 3.8) is 0 Å². The Hall–Kier alpha value is -0.970. The molecule has 0 aliphatic carbocycles. The standard InChI is InChI=1S/C14H14ClF2NS/c1-2-5-18-14(13-4-3-6-19-13)9-7-11(16)12(17)8-10(9)15/h3-4,6-8,14,18H,2,5H2,1H3. The van der Waals surface area contributed by atoms with Crippen LogP contribution >= 0.6 is 22.9 Å². The molecule has 0 aliphatic heterocycles. The third kappa shape index (κ3) is 3.32. The van der Waals surface area contributed by atoms with Crippen molar-refractivity contribution in [3.05, 3.63) is 56.7 Å². The summed E-state index contributed by atoms with van der Waals surface area (Å²) in [4.78, 5) is 1.03. The predicted octanol–water partition coefficient (Wildman–Crippen LogP) is 4.77. The van der Waals surface area contributed by atoms with Crippen LogP contribution in [0.3, 0.4) is 0 Å². The quantitative estimate of drug-likeness (QED) is 0.785. The first-order chi connectivity index (χ1) is 9.13. The Balaban J connectivity index is 2.40. The molecule has 102 valence electrons. The molecule has 0 bridgehead atoms. The van der Waals surface area contributed by atoms with E-state index in [4.69, 9.17) is 11.6 Å². The number of nitrogens with one attached hydrogen (secondary N) is 1. The highest BCUT2D eigenvalue weighted by Crippen LogP contribution is 2.32. The van der Waals surface area contributed by atoms with Gasteiger partial charge in [0.05, 0.1) is 6.04 Å². The molecule has 1 aromatic carbocycles. The minimum Gasteiger partial charge on any atom is -0.306 e. The van der Waals surface area contributed by atoms with Crippen molar-refractivity contribution in [1.29, 1.82) is 0 Å². The van der Waals surface area contributed by atoms with Crippen LogP contribution in [0, 0.1) is 11.6 Å². The van der Waals surface area contributed by atoms with E-state index in [0.717, 1.165) is 23.9 Å². The summed E-state index contributed by atoms with van der Waals surface area (Å²) in [6.07, 6.45) is 0.948. The minimum atomic E-state index is -0.922. The molecule has 1 aromatic heterocycles. The van der Waals surface area contributed by atoms with Gasteiger partial charge in [-0.05, 0) is 42.1 Å². The molecular formula is C14H14ClF2NS. The molecule has 1 N–H and O–H groups in total. The second kappa shape index (κ2) is 6.46. The first-order valence-corrected chi connectivity index (χ1v) is 7.30. The molecule has 1 unspecified atom stereocenters. The van der Waals surface area contributed by atoms with Crippen molar-refractivity contribution in [2.45, 2.75) is 19.4 Å². The van der Waals surface area contributed by atoms with Crippen LogP contribution in [0.4, 0.5) is 8.78 Å². The Kier molecular flexibility index (Phi) is 4.91. The molecule has 1 nitrogen and oxygen atoms in total. The highest BCUT2D eigenvalue weighted by atomic mass is 35.5. The van der Waals surface area contributed by atoms with Gasteiger partial charge in [0, 0.05) is 9.90 Å². The molecule has 5 heteroatoms. The highest BCUT2D eigenvalue weighted by molar-refractivity contribution is 7.10. The average molecular weight is 302 g/mol. The second-order valence-electron chi connectivity index (χ2n) is 4.19. The summed E-state index contributed by atoms with van der Waals surface area (Å²) >= 11 is 7.61. The van der Waals surface area contributed by atoms with Gasteiger partial charge in [-0.2, -0.15) is 0 Å². The predicted molar refractivity (Wildman–Crippen MR) is 75.8 cm³/mol. The van der Waals surface area contributed by atoms with Gasteiger partial charge in [0.2, 0.25) is 0 Å². The van der Waals surface area contributed by atoms with E-state index in [1.54, 1.807) is 11.3 Å². The molecule has 0 fully saturated rings. The lowest BCUT2D eigenvalue weighted by Crippen LogP contribution is -2.23. The van der Waals surface area contributed by atoms with Crippen LogP contribution in [0.5, 0.6) is 0 Å². The average Bonchev–Trinajstić information content (AvgIpc) is 2.89. The van der Waals surface area contributed by atoms with Crippen molar-refractivity contribution >= 4 is 22.9 Å². The van der Waals surface area contributed by atoms with Crippen molar-refractivity contribution < 1.29 is 8.78 Å². The molecule has 0 radical (unpaired) electrons. The summed E-state index contributed by atoms with van der Waals surface area (Å²) in [6.45, 7) is 2.82. The Morgan fingerprint density at radius 1 is 1.32 bits per heavy atom. The van der Waals surface area contributed by atoms with Crippen LogP contribution < -0.4 is 5.32 Å². The zero-order valence-corrected chi connectivity index (χ0v) is 12.0. The van der Waals surface area contributed by atoms with Gasteiger partial charge in [0.15, 0.2) is 11.6 Å². The third-order valence-electron chi connectivity index (χ3n) is 2.78. The molecule has 1 atom stereocenters. The van der Waals surface area contributed by atoms with Crippen LogP contribution in [0.2, 0.25) is 5.02 Å². The third-order valence-corrected chi connectivity index (χ3v) is 4.04. The first-order valence-electron chi connectivity index (χ1n) is 6.04. The summed E-state index contributed by atoms with van der Waals surface area (Å²) in [5.74, 6) is -1.80. The fraction of sp³-hybridized carbons (Fsp3) is 0.286. The van der Waals surface area contributed by atoms with E-state index in [2.05, 4.69) is 5.32 Å². The fourth-order valence-corrected chi connectivity index (χ4v) is 2.94. The van der Waals surface area contributed by atoms with Gasteiger partial charge in [0.1, 0.15) is 0 Å². The Morgan fingerprint density at radius 2 is 2.05 bits per heavy atom. The molecule has 2 aromatic rings. The molecule has 0 aliphatic rings. The fourth-order valence-electron chi connectivity index (χ4n) is 1.87. The maximum atomic E-state index is 13.4. The first kappa shape index (κ1) is 14.4. The molecule has 1 heterocycles. The highest BCUT2D eigenvalue weighted by Gasteiger charge is 2.19. The zero-order chi connectivity index (χ0) is 13.8. The van der Waals surface area contributed by atoms with Gasteiger partial charge >= 0.3 is 0 Å². The Morgan fingerprint density at radius 3 is 2.68 bits per heavy atom. The minimum absolute atomic E-state index is 0.206. The number of benzene rings is 1. The summed E-state index contributed by atoms with van der Waals surface area (Å²) in [5, 5.41) is 5.50. The number of thiophene rings is 1. The van der Waals surface area contributed by atoms with Gasteiger partial charge in [0.25, 0.3) is 0 Å². The topological polar surface area (TPSA) is 12.0 Å². The van der Waals surface area contributed by atoms with Gasteiger partial charge in [-0.25, -0.2) is 8.78 Å². The van der Waals surface area contributed by atoms with E-state index >= 15 is 0 Å². The Bertz CT molecular complexity index is 543. The monoisotopic (exact) mass is 301 g/mol. The van der Waals surface area contributed by atoms with Gasteiger partial charge in [-0.3, -0.25) is 0 Å². The molecule has 2 rings (SSSR count). The van der Waals surface area contributed by atoms with Crippen molar-refractivity contribution in [2.24, 2.45) is 0 Å². The van der Waals surface area contributed by atoms with Crippen LogP contribution in [-0.4, -0.2) is 6.54 Å². The maximum absolute atomic E-state index is 13.4. The van der Waals surface area contributed by atoms with Crippen LogP contribution in [0.25, 0.3) is 0 Å². The lowest BCUT2D eigenvalue weighted by atomic mass is 10.0. The van der Waals surface area contributed by atoms with Gasteiger partial charge in [-0.1, -0.05) is 24.6 Å². The maximum Gasteiger partial charge on any atom is 0.160 e. The van der Waals surface area contributed by atoms with E-state index in [9.17, 15) is 8.78 Å². The molecule has 19 heavy (non-hydrogen) atoms. The van der Waals surface area contributed by atoms with E-state index in [0.29, 0.717) is 5.56 Å². The normalized spacial score (nSPS) is 12.6. The van der Waals surface area contributed by atoms with E-state index in [1.807, 2.05) is 24.4 Å². The smallest absolute Gasteiger partial charge is 0.160 e. The summed E-state index contributed by atoms with van der Waals surface area (Å²) in [6, 6.07) is 5.87. The number of hydrogen-bond acceptors (Lipinski definition) is 2. The largest absolute Gasteiger partial charge is 0.306 e. The summed E-state index contributed by atoms with van der Waals surface area (Å²) in [5.41, 5.74) is 0.566. The summed E-state index contributed by atoms with van der Waals surface area (Å²) < 4.78 is 26.6. The van der Waals surface area contributed by atoms with Gasteiger partial charge in [-0.15, -0.1) is 11.3 Å². The molecule has 0 amide bonds. The lowest BCUT2D eigenvalue weighted by molar-refractivity contribution is 0.503. The SMILES string of the molecule is CCCNC(c1cccs1)c1cc(F)c(F)cc1Cl. The molecular weight excluding hydrogens is 288 g/mol. The van der Waals surface area contributed by atoms with Gasteiger partial charge < -0.3 is 5.32 Å². The summed E-state index contributed by atoms with van der Waals surface area (Å²) in [7, 11) is 0. The van der Waals surface area contributed by atoms with Crippen molar-refractivity contribution in [3.8, 4) is 0 Å². The van der Waals surface area contributed by atoms with Crippen LogP contribution in [-0.2, 0) is 0 Å².